The van der Waals surface area contributed by atoms with E-state index in [1.807, 2.05) is 43.3 Å². The van der Waals surface area contributed by atoms with Crippen molar-refractivity contribution in [1.82, 2.24) is 19.7 Å². The molecule has 0 saturated carbocycles. The number of nitrogens with two attached hydrogens (primary N) is 1. The van der Waals surface area contributed by atoms with E-state index < -0.39 is 15.9 Å². The molecule has 1 aliphatic heterocycles. The smallest absolute Gasteiger partial charge is 0.281 e. The summed E-state index contributed by atoms with van der Waals surface area (Å²) < 4.78 is 39.7. The third-order valence-electron chi connectivity index (χ3n) is 7.38. The van der Waals surface area contributed by atoms with Gasteiger partial charge in [0, 0.05) is 34.2 Å². The largest absolute Gasteiger partial charge is 0.472 e. The maximum absolute atomic E-state index is 13.4. The number of aromatic nitrogens is 3. The molecule has 1 fully saturated rings. The Balaban J connectivity index is 0.00000256. The van der Waals surface area contributed by atoms with Crippen LogP contribution < -0.4 is 20.1 Å². The highest BCUT2D eigenvalue weighted by Gasteiger charge is 2.33. The van der Waals surface area contributed by atoms with Crippen LogP contribution in [0.1, 0.15) is 53.8 Å². The molecule has 0 bridgehead atoms. The molecule has 1 saturated heterocycles. The third-order valence-corrected chi connectivity index (χ3v) is 8.61. The Hall–Kier alpha value is -4.55. The lowest BCUT2D eigenvalue weighted by Crippen LogP contribution is -2.37. The topological polar surface area (TPSA) is 150 Å². The summed E-state index contributed by atoms with van der Waals surface area (Å²) in [6.07, 6.45) is 3.28. The van der Waals surface area contributed by atoms with E-state index in [-0.39, 0.29) is 38.9 Å². The number of nitrogens with one attached hydrogen (secondary N) is 1. The highest BCUT2D eigenvalue weighted by Crippen LogP contribution is 2.33. The number of ether oxygens (including phenoxy) is 2. The quantitative estimate of drug-likeness (QED) is 0.224. The van der Waals surface area contributed by atoms with Crippen LogP contribution in [0.15, 0.2) is 84.0 Å². The number of nitrogen functional groups attached to an aromatic ring is 1. The van der Waals surface area contributed by atoms with Crippen LogP contribution in [0.25, 0.3) is 11.3 Å². The number of carbonyl (C=O) groups excluding carboxylic acids is 1. The van der Waals surface area contributed by atoms with Crippen molar-refractivity contribution in [3.63, 3.8) is 0 Å². The molecule has 0 unspecified atom stereocenters. The Morgan fingerprint density at radius 2 is 1.77 bits per heavy atom. The SMILES string of the molecule is C[C@H](COCc1ccccc1)Oc1ccc(-c2ccc(C(=O)NS(=O)(=O)c3cccc(N)n3)c(N3[C@H](C)CC[C@@H]3C)n2)cn1.[HH].[HH].[HH]. The number of anilines is 2. The van der Waals surface area contributed by atoms with E-state index >= 15 is 0 Å². The maximum Gasteiger partial charge on any atom is 0.281 e. The predicted octanol–water partition coefficient (Wildman–Crippen LogP) is 5.34. The van der Waals surface area contributed by atoms with Crippen LogP contribution in [0, 0.1) is 0 Å². The standard InChI is InChI=1S/C32H36N6O5S.3H2/c1-21-12-13-22(2)38(21)31-26(32(39)37-44(40,41)30-11-7-10-28(33)36-30)15-16-27(35-31)25-14-17-29(34-18-25)43-23(3)19-42-20-24-8-5-4-6-9-24;;;/h4-11,14-18,21-23H,12-13,19-20H2,1-3H3,(H2,33,36)(H,37,39);3*1H/t21-,22+,23-;;;/m1.../s1. The van der Waals surface area contributed by atoms with Gasteiger partial charge >= 0.3 is 0 Å². The summed E-state index contributed by atoms with van der Waals surface area (Å²) in [5, 5.41) is -0.342. The monoisotopic (exact) mass is 622 g/mol. The fraction of sp³-hybridized carbons (Fsp3) is 0.312. The third kappa shape index (κ3) is 7.32. The van der Waals surface area contributed by atoms with Crippen LogP contribution in [-0.4, -0.2) is 54.1 Å². The average molecular weight is 623 g/mol. The number of nitrogens with zero attached hydrogens (tertiary/aromatic N) is 4. The summed E-state index contributed by atoms with van der Waals surface area (Å²) >= 11 is 0. The summed E-state index contributed by atoms with van der Waals surface area (Å²) in [7, 11) is -4.26. The van der Waals surface area contributed by atoms with Gasteiger partial charge in [-0.15, -0.1) is 0 Å². The molecule has 1 amide bonds. The van der Waals surface area contributed by atoms with Gasteiger partial charge in [0.25, 0.3) is 15.9 Å². The Bertz CT molecular complexity index is 1710. The molecule has 44 heavy (non-hydrogen) atoms. The first-order valence-electron chi connectivity index (χ1n) is 14.4. The van der Waals surface area contributed by atoms with Crippen molar-refractivity contribution in [2.75, 3.05) is 17.2 Å². The van der Waals surface area contributed by atoms with Crippen molar-refractivity contribution in [3.8, 4) is 17.1 Å². The molecule has 1 aliphatic rings. The lowest BCUT2D eigenvalue weighted by Gasteiger charge is -2.29. The van der Waals surface area contributed by atoms with Crippen molar-refractivity contribution in [2.45, 2.75) is 63.4 Å². The van der Waals surface area contributed by atoms with Crippen LogP contribution in [0.4, 0.5) is 11.6 Å². The van der Waals surface area contributed by atoms with Gasteiger partial charge in [-0.1, -0.05) is 36.4 Å². The number of carbonyl (C=O) groups is 1. The lowest BCUT2D eigenvalue weighted by molar-refractivity contribution is 0.0473. The van der Waals surface area contributed by atoms with Crippen LogP contribution in [-0.2, 0) is 21.4 Å². The minimum Gasteiger partial charge on any atom is -0.472 e. The number of hydrogen-bond acceptors (Lipinski definition) is 10. The van der Waals surface area contributed by atoms with Gasteiger partial charge < -0.3 is 20.1 Å². The molecule has 4 heterocycles. The summed E-state index contributed by atoms with van der Waals surface area (Å²) in [4.78, 5) is 28.6. The van der Waals surface area contributed by atoms with Gasteiger partial charge in [0.05, 0.1) is 24.5 Å². The molecule has 11 nitrogen and oxygen atoms in total. The van der Waals surface area contributed by atoms with Crippen molar-refractivity contribution in [1.29, 1.82) is 0 Å². The fourth-order valence-electron chi connectivity index (χ4n) is 5.16. The number of amides is 1. The number of pyridine rings is 3. The molecule has 3 atom stereocenters. The molecule has 0 radical (unpaired) electrons. The first kappa shape index (κ1) is 30.9. The lowest BCUT2D eigenvalue weighted by atomic mass is 10.1. The molecule has 5 rings (SSSR count). The second-order valence-corrected chi connectivity index (χ2v) is 12.5. The van der Waals surface area contributed by atoms with E-state index in [1.54, 1.807) is 24.4 Å². The normalized spacial score (nSPS) is 17.3. The first-order valence-corrected chi connectivity index (χ1v) is 15.9. The van der Waals surface area contributed by atoms with Gasteiger partial charge in [0.1, 0.15) is 17.7 Å². The minimum atomic E-state index is -4.26. The average Bonchev–Trinajstić information content (AvgIpc) is 3.34. The molecule has 3 aromatic heterocycles. The van der Waals surface area contributed by atoms with Crippen molar-refractivity contribution in [3.05, 3.63) is 90.1 Å². The molecular weight excluding hydrogens is 580 g/mol. The van der Waals surface area contributed by atoms with E-state index in [0.717, 1.165) is 24.0 Å². The van der Waals surface area contributed by atoms with Gasteiger partial charge in [0.15, 0.2) is 5.03 Å². The zero-order chi connectivity index (χ0) is 31.3. The summed E-state index contributed by atoms with van der Waals surface area (Å²) in [5.41, 5.74) is 8.19. The van der Waals surface area contributed by atoms with E-state index in [2.05, 4.69) is 33.4 Å². The molecule has 3 N–H and O–H groups in total. The summed E-state index contributed by atoms with van der Waals surface area (Å²) in [5.74, 6) is 0.0724. The molecular formula is C32H42N6O5S. The number of sulfonamides is 1. The van der Waals surface area contributed by atoms with Crippen LogP contribution in [0.5, 0.6) is 5.88 Å². The second-order valence-electron chi connectivity index (χ2n) is 10.9. The van der Waals surface area contributed by atoms with Gasteiger partial charge in [-0.25, -0.2) is 19.7 Å². The number of hydrogen-bond donors (Lipinski definition) is 2. The Morgan fingerprint density at radius 3 is 2.45 bits per heavy atom. The Kier molecular flexibility index (Phi) is 9.40. The van der Waals surface area contributed by atoms with E-state index in [9.17, 15) is 13.2 Å². The molecule has 236 valence electrons. The van der Waals surface area contributed by atoms with E-state index in [4.69, 9.17) is 20.2 Å². The molecule has 0 spiro atoms. The van der Waals surface area contributed by atoms with Crippen molar-refractivity contribution in [2.24, 2.45) is 0 Å². The first-order chi connectivity index (χ1) is 21.1. The zero-order valence-corrected chi connectivity index (χ0v) is 25.7. The molecule has 1 aromatic carbocycles. The second kappa shape index (κ2) is 13.4. The highest BCUT2D eigenvalue weighted by atomic mass is 32.2. The van der Waals surface area contributed by atoms with Gasteiger partial charge in [-0.05, 0) is 69.5 Å². The van der Waals surface area contributed by atoms with Gasteiger partial charge in [-0.3, -0.25) is 4.79 Å². The summed E-state index contributed by atoms with van der Waals surface area (Å²) in [6.45, 7) is 6.94. The highest BCUT2D eigenvalue weighted by molar-refractivity contribution is 7.90. The Morgan fingerprint density at radius 1 is 1.02 bits per heavy atom. The maximum atomic E-state index is 13.4. The molecule has 0 aliphatic carbocycles. The Labute approximate surface area is 262 Å². The molecule has 4 aromatic rings. The van der Waals surface area contributed by atoms with E-state index in [0.29, 0.717) is 30.6 Å². The van der Waals surface area contributed by atoms with Crippen LogP contribution in [0.3, 0.4) is 0 Å². The minimum absolute atomic E-state index is 0. The molecule has 12 heteroatoms. The number of rotatable bonds is 11. The fourth-order valence-corrected chi connectivity index (χ4v) is 6.11. The van der Waals surface area contributed by atoms with Crippen LogP contribution in [0.2, 0.25) is 0 Å². The van der Waals surface area contributed by atoms with Gasteiger partial charge in [-0.2, -0.15) is 8.42 Å². The van der Waals surface area contributed by atoms with Gasteiger partial charge in [0.2, 0.25) is 5.88 Å². The zero-order valence-electron chi connectivity index (χ0n) is 24.9. The van der Waals surface area contributed by atoms with Crippen molar-refractivity contribution >= 4 is 27.6 Å². The predicted molar refractivity (Wildman–Crippen MR) is 174 cm³/mol. The van der Waals surface area contributed by atoms with Crippen molar-refractivity contribution < 1.29 is 27.0 Å². The van der Waals surface area contributed by atoms with E-state index in [1.165, 1.54) is 18.2 Å². The summed E-state index contributed by atoms with van der Waals surface area (Å²) in [6, 6.07) is 21.2. The number of benzene rings is 1. The van der Waals surface area contributed by atoms with Crippen LogP contribution >= 0.6 is 0 Å².